The van der Waals surface area contributed by atoms with E-state index in [9.17, 15) is 4.79 Å². The Labute approximate surface area is 136 Å². The first-order valence-corrected chi connectivity index (χ1v) is 7.81. The molecule has 0 aromatic heterocycles. The molecule has 4 heteroatoms. The van der Waals surface area contributed by atoms with Crippen molar-refractivity contribution in [3.63, 3.8) is 0 Å². The van der Waals surface area contributed by atoms with Crippen LogP contribution in [0.2, 0.25) is 5.02 Å². The molecule has 0 aliphatic heterocycles. The third-order valence-corrected chi connectivity index (χ3v) is 3.70. The third kappa shape index (κ3) is 4.01. The summed E-state index contributed by atoms with van der Waals surface area (Å²) in [5.41, 5.74) is 1.62. The van der Waals surface area contributed by atoms with Gasteiger partial charge in [0.25, 0.3) is 5.91 Å². The largest absolute Gasteiger partial charge is 0.492 e. The lowest BCUT2D eigenvalue weighted by atomic mass is 10.0. The number of amides is 1. The average molecular weight is 318 g/mol. The van der Waals surface area contributed by atoms with Gasteiger partial charge in [-0.2, -0.15) is 0 Å². The summed E-state index contributed by atoms with van der Waals surface area (Å²) in [6.45, 7) is 4.48. The number of hydrogen-bond donors (Lipinski definition) is 1. The first-order valence-electron chi connectivity index (χ1n) is 7.43. The van der Waals surface area contributed by atoms with E-state index in [0.29, 0.717) is 22.9 Å². The Hall–Kier alpha value is -2.00. The van der Waals surface area contributed by atoms with Crippen LogP contribution >= 0.6 is 11.6 Å². The number of carbonyl (C=O) groups is 1. The zero-order valence-corrected chi connectivity index (χ0v) is 13.6. The van der Waals surface area contributed by atoms with Crippen molar-refractivity contribution in [3.8, 4) is 5.75 Å². The molecule has 1 unspecified atom stereocenters. The molecule has 2 aromatic carbocycles. The van der Waals surface area contributed by atoms with E-state index >= 15 is 0 Å². The van der Waals surface area contributed by atoms with Crippen LogP contribution in [0.15, 0.2) is 48.5 Å². The first-order chi connectivity index (χ1) is 10.7. The van der Waals surface area contributed by atoms with Crippen LogP contribution in [0.1, 0.15) is 42.2 Å². The molecular weight excluding hydrogens is 298 g/mol. The minimum absolute atomic E-state index is 0.0148. The Kier molecular flexibility index (Phi) is 5.84. The minimum atomic E-state index is -0.138. The van der Waals surface area contributed by atoms with Gasteiger partial charge in [0.05, 0.1) is 17.7 Å². The molecule has 22 heavy (non-hydrogen) atoms. The second-order valence-electron chi connectivity index (χ2n) is 4.92. The van der Waals surface area contributed by atoms with Crippen LogP contribution in [-0.2, 0) is 0 Å². The fourth-order valence-corrected chi connectivity index (χ4v) is 2.50. The van der Waals surface area contributed by atoms with E-state index in [0.717, 1.165) is 12.0 Å². The molecule has 2 rings (SSSR count). The molecule has 1 amide bonds. The lowest BCUT2D eigenvalue weighted by Crippen LogP contribution is -2.28. The van der Waals surface area contributed by atoms with Crippen LogP contribution in [0, 0.1) is 0 Å². The Bertz CT molecular complexity index is 628. The Morgan fingerprint density at radius 2 is 1.91 bits per heavy atom. The van der Waals surface area contributed by atoms with Crippen LogP contribution < -0.4 is 10.1 Å². The Morgan fingerprint density at radius 1 is 1.18 bits per heavy atom. The molecule has 0 fully saturated rings. The van der Waals surface area contributed by atoms with Crippen molar-refractivity contribution in [2.75, 3.05) is 6.61 Å². The third-order valence-electron chi connectivity index (χ3n) is 3.41. The van der Waals surface area contributed by atoms with Gasteiger partial charge in [0, 0.05) is 5.56 Å². The van der Waals surface area contributed by atoms with Gasteiger partial charge in [0.2, 0.25) is 0 Å². The van der Waals surface area contributed by atoms with E-state index in [1.54, 1.807) is 18.2 Å². The predicted octanol–water partition coefficient (Wildman–Crippen LogP) is 4.62. The van der Waals surface area contributed by atoms with Crippen molar-refractivity contribution in [1.29, 1.82) is 0 Å². The molecule has 116 valence electrons. The second-order valence-corrected chi connectivity index (χ2v) is 5.33. The number of nitrogens with one attached hydrogen (secondary N) is 1. The van der Waals surface area contributed by atoms with Crippen molar-refractivity contribution in [3.05, 3.63) is 64.7 Å². The number of halogens is 1. The van der Waals surface area contributed by atoms with E-state index in [1.165, 1.54) is 0 Å². The van der Waals surface area contributed by atoms with Gasteiger partial charge < -0.3 is 10.1 Å². The topological polar surface area (TPSA) is 38.3 Å². The highest BCUT2D eigenvalue weighted by Crippen LogP contribution is 2.26. The number of carbonyl (C=O) groups excluding carboxylic acids is 1. The van der Waals surface area contributed by atoms with E-state index < -0.39 is 0 Å². The van der Waals surface area contributed by atoms with Crippen LogP contribution in [-0.4, -0.2) is 12.5 Å². The normalized spacial score (nSPS) is 11.8. The summed E-state index contributed by atoms with van der Waals surface area (Å²) in [5.74, 6) is 0.455. The maximum atomic E-state index is 12.4. The lowest BCUT2D eigenvalue weighted by molar-refractivity contribution is 0.0935. The molecule has 0 aliphatic carbocycles. The summed E-state index contributed by atoms with van der Waals surface area (Å²) in [6, 6.07) is 15.0. The van der Waals surface area contributed by atoms with E-state index in [2.05, 4.69) is 5.32 Å². The quantitative estimate of drug-likeness (QED) is 0.844. The van der Waals surface area contributed by atoms with Gasteiger partial charge in [-0.3, -0.25) is 4.79 Å². The highest BCUT2D eigenvalue weighted by atomic mass is 35.5. The molecule has 0 bridgehead atoms. The Morgan fingerprint density at radius 3 is 2.50 bits per heavy atom. The molecule has 0 radical (unpaired) electrons. The zero-order chi connectivity index (χ0) is 15.9. The van der Waals surface area contributed by atoms with Crippen molar-refractivity contribution in [1.82, 2.24) is 5.32 Å². The number of hydrogen-bond acceptors (Lipinski definition) is 2. The molecular formula is C18H20ClNO2. The first kappa shape index (κ1) is 16.4. The zero-order valence-electron chi connectivity index (χ0n) is 12.8. The summed E-state index contributed by atoms with van der Waals surface area (Å²) in [5, 5.41) is 3.49. The van der Waals surface area contributed by atoms with Gasteiger partial charge in [-0.15, -0.1) is 0 Å². The minimum Gasteiger partial charge on any atom is -0.492 e. The molecule has 1 N–H and O–H groups in total. The van der Waals surface area contributed by atoms with Crippen LogP contribution in [0.4, 0.5) is 0 Å². The lowest BCUT2D eigenvalue weighted by Gasteiger charge is -2.18. The highest BCUT2D eigenvalue weighted by Gasteiger charge is 2.15. The molecule has 0 aliphatic rings. The predicted molar refractivity (Wildman–Crippen MR) is 89.6 cm³/mol. The van der Waals surface area contributed by atoms with Gasteiger partial charge in [-0.05, 0) is 37.1 Å². The highest BCUT2D eigenvalue weighted by molar-refractivity contribution is 6.32. The van der Waals surface area contributed by atoms with Crippen LogP contribution in [0.3, 0.4) is 0 Å². The molecule has 0 saturated carbocycles. The molecule has 3 nitrogen and oxygen atoms in total. The average Bonchev–Trinajstić information content (AvgIpc) is 2.55. The van der Waals surface area contributed by atoms with Crippen LogP contribution in [0.25, 0.3) is 0 Å². The summed E-state index contributed by atoms with van der Waals surface area (Å²) >= 11 is 6.13. The van der Waals surface area contributed by atoms with Gasteiger partial charge in [-0.25, -0.2) is 0 Å². The maximum absolute atomic E-state index is 12.4. The van der Waals surface area contributed by atoms with Gasteiger partial charge in [-0.1, -0.05) is 48.9 Å². The van der Waals surface area contributed by atoms with Crippen molar-refractivity contribution < 1.29 is 9.53 Å². The smallest absolute Gasteiger partial charge is 0.251 e. The van der Waals surface area contributed by atoms with Crippen LogP contribution in [0.5, 0.6) is 5.75 Å². The molecule has 1 atom stereocenters. The van der Waals surface area contributed by atoms with Gasteiger partial charge in [0.1, 0.15) is 5.75 Å². The summed E-state index contributed by atoms with van der Waals surface area (Å²) in [4.78, 5) is 12.4. The number of ether oxygens (including phenoxy) is 1. The number of rotatable bonds is 6. The summed E-state index contributed by atoms with van der Waals surface area (Å²) in [7, 11) is 0. The SMILES string of the molecule is CCOc1ccc(C(=O)NC(CC)c2ccccc2)cc1Cl. The maximum Gasteiger partial charge on any atom is 0.251 e. The molecule has 2 aromatic rings. The van der Waals surface area contributed by atoms with E-state index in [4.69, 9.17) is 16.3 Å². The second kappa shape index (κ2) is 7.85. The standard InChI is InChI=1S/C18H20ClNO2/c1-3-16(13-8-6-5-7-9-13)20-18(21)14-10-11-17(22-4-2)15(19)12-14/h5-12,16H,3-4H2,1-2H3,(H,20,21). The Balaban J connectivity index is 2.12. The summed E-state index contributed by atoms with van der Waals surface area (Å²) < 4.78 is 5.38. The molecule has 0 spiro atoms. The molecule has 0 heterocycles. The fourth-order valence-electron chi connectivity index (χ4n) is 2.26. The van der Waals surface area contributed by atoms with Gasteiger partial charge in [0.15, 0.2) is 0 Å². The van der Waals surface area contributed by atoms with Crippen molar-refractivity contribution >= 4 is 17.5 Å². The monoisotopic (exact) mass is 317 g/mol. The van der Waals surface area contributed by atoms with E-state index in [1.807, 2.05) is 44.2 Å². The number of benzene rings is 2. The van der Waals surface area contributed by atoms with Gasteiger partial charge >= 0.3 is 0 Å². The fraction of sp³-hybridized carbons (Fsp3) is 0.278. The van der Waals surface area contributed by atoms with Crippen molar-refractivity contribution in [2.45, 2.75) is 26.3 Å². The van der Waals surface area contributed by atoms with Crippen molar-refractivity contribution in [2.24, 2.45) is 0 Å². The molecule has 0 saturated heterocycles. The van der Waals surface area contributed by atoms with E-state index in [-0.39, 0.29) is 11.9 Å². The summed E-state index contributed by atoms with van der Waals surface area (Å²) in [6.07, 6.45) is 0.820.